The van der Waals surface area contributed by atoms with Crippen molar-refractivity contribution in [2.75, 3.05) is 0 Å². The van der Waals surface area contributed by atoms with Crippen LogP contribution in [-0.2, 0) is 0 Å². The first-order valence-corrected chi connectivity index (χ1v) is 6.10. The van der Waals surface area contributed by atoms with Crippen LogP contribution in [0.1, 0.15) is 10.4 Å². The number of carbonyl (C=O) groups is 1. The molecule has 3 aromatic heterocycles. The van der Waals surface area contributed by atoms with Crippen LogP contribution < -0.4 is 0 Å². The fraction of sp³-hybridized carbons (Fsp3) is 0. The minimum atomic E-state index is -1.05. The average Bonchev–Trinajstić information content (AvgIpc) is 2.83. The summed E-state index contributed by atoms with van der Waals surface area (Å²) in [6, 6.07) is 6.91. The molecule has 3 rings (SSSR count). The summed E-state index contributed by atoms with van der Waals surface area (Å²) in [6.07, 6.45) is 3.14. The van der Waals surface area contributed by atoms with Gasteiger partial charge in [0.2, 0.25) is 5.16 Å². The number of rotatable bonds is 3. The highest BCUT2D eigenvalue weighted by molar-refractivity contribution is 7.99. The van der Waals surface area contributed by atoms with Crippen molar-refractivity contribution in [1.82, 2.24) is 24.8 Å². The van der Waals surface area contributed by atoms with Crippen molar-refractivity contribution in [1.29, 1.82) is 0 Å². The van der Waals surface area contributed by atoms with Gasteiger partial charge < -0.3 is 5.11 Å². The van der Waals surface area contributed by atoms with Crippen molar-refractivity contribution >= 4 is 23.4 Å². The topological polar surface area (TPSA) is 93.3 Å². The minimum Gasteiger partial charge on any atom is -0.478 e. The molecule has 0 aliphatic rings. The van der Waals surface area contributed by atoms with Crippen LogP contribution in [0.2, 0.25) is 0 Å². The van der Waals surface area contributed by atoms with E-state index in [-0.39, 0.29) is 10.6 Å². The molecular formula is C11H7N5O2S. The third kappa shape index (κ3) is 2.13. The third-order valence-corrected chi connectivity index (χ3v) is 3.34. The highest BCUT2D eigenvalue weighted by Crippen LogP contribution is 2.26. The minimum absolute atomic E-state index is 0.0904. The van der Waals surface area contributed by atoms with E-state index in [0.717, 1.165) is 11.8 Å². The van der Waals surface area contributed by atoms with Crippen LogP contribution in [0, 0.1) is 0 Å². The molecule has 0 saturated carbocycles. The summed E-state index contributed by atoms with van der Waals surface area (Å²) in [4.78, 5) is 11.1. The van der Waals surface area contributed by atoms with E-state index in [2.05, 4.69) is 20.4 Å². The Morgan fingerprint density at radius 1 is 1.21 bits per heavy atom. The molecule has 0 radical (unpaired) electrons. The van der Waals surface area contributed by atoms with E-state index < -0.39 is 5.97 Å². The first-order chi connectivity index (χ1) is 9.25. The van der Waals surface area contributed by atoms with Crippen molar-refractivity contribution in [3.63, 3.8) is 0 Å². The van der Waals surface area contributed by atoms with E-state index in [9.17, 15) is 4.79 Å². The molecule has 0 fully saturated rings. The Hall–Kier alpha value is -2.48. The largest absolute Gasteiger partial charge is 0.478 e. The molecule has 0 aliphatic carbocycles. The van der Waals surface area contributed by atoms with Gasteiger partial charge in [-0.25, -0.2) is 4.79 Å². The van der Waals surface area contributed by atoms with Gasteiger partial charge in [0.15, 0.2) is 5.65 Å². The second-order valence-corrected chi connectivity index (χ2v) is 4.52. The Morgan fingerprint density at radius 2 is 2.11 bits per heavy atom. The number of hydrogen-bond acceptors (Lipinski definition) is 6. The summed E-state index contributed by atoms with van der Waals surface area (Å²) in [7, 11) is 0. The van der Waals surface area contributed by atoms with Gasteiger partial charge in [-0.1, -0.05) is 6.07 Å². The quantitative estimate of drug-likeness (QED) is 0.770. The van der Waals surface area contributed by atoms with Crippen LogP contribution in [0.25, 0.3) is 5.65 Å². The summed E-state index contributed by atoms with van der Waals surface area (Å²) < 4.78 is 1.75. The van der Waals surface area contributed by atoms with Gasteiger partial charge in [0, 0.05) is 6.20 Å². The lowest BCUT2D eigenvalue weighted by atomic mass is 10.3. The Kier molecular flexibility index (Phi) is 2.84. The van der Waals surface area contributed by atoms with Crippen molar-refractivity contribution in [3.8, 4) is 0 Å². The molecule has 0 amide bonds. The molecule has 0 unspecified atom stereocenters. The third-order valence-electron chi connectivity index (χ3n) is 2.39. The summed E-state index contributed by atoms with van der Waals surface area (Å²) in [5, 5.41) is 25.4. The monoisotopic (exact) mass is 273 g/mol. The van der Waals surface area contributed by atoms with Gasteiger partial charge in [0.05, 0.1) is 11.8 Å². The number of aromatic nitrogens is 5. The highest BCUT2D eigenvalue weighted by Gasteiger charge is 2.15. The standard InChI is InChI=1S/C11H7N5O2S/c17-10(18)7-4-5-12-14-9(7)19-11-15-13-8-3-1-2-6-16(8)11/h1-6H,(H,17,18). The molecule has 1 N–H and O–H groups in total. The maximum Gasteiger partial charge on any atom is 0.338 e. The number of fused-ring (bicyclic) bond motifs is 1. The molecule has 0 bridgehead atoms. The van der Waals surface area contributed by atoms with Crippen LogP contribution >= 0.6 is 11.8 Å². The van der Waals surface area contributed by atoms with Gasteiger partial charge in [-0.05, 0) is 30.0 Å². The molecule has 19 heavy (non-hydrogen) atoms. The van der Waals surface area contributed by atoms with Crippen LogP contribution in [0.3, 0.4) is 0 Å². The first kappa shape index (κ1) is 11.6. The van der Waals surface area contributed by atoms with Crippen LogP contribution in [-0.4, -0.2) is 35.9 Å². The molecule has 0 atom stereocenters. The fourth-order valence-corrected chi connectivity index (χ4v) is 2.39. The van der Waals surface area contributed by atoms with Crippen molar-refractivity contribution < 1.29 is 9.90 Å². The number of hydrogen-bond donors (Lipinski definition) is 1. The molecule has 3 heterocycles. The number of carboxylic acids is 1. The van der Waals surface area contributed by atoms with E-state index in [0.29, 0.717) is 10.8 Å². The molecular weight excluding hydrogens is 266 g/mol. The zero-order chi connectivity index (χ0) is 13.2. The fourth-order valence-electron chi connectivity index (χ4n) is 1.53. The number of pyridine rings is 1. The Labute approximate surface area is 111 Å². The smallest absolute Gasteiger partial charge is 0.338 e. The van der Waals surface area contributed by atoms with Crippen molar-refractivity contribution in [2.24, 2.45) is 0 Å². The van der Waals surface area contributed by atoms with E-state index in [1.54, 1.807) is 10.6 Å². The van der Waals surface area contributed by atoms with E-state index >= 15 is 0 Å². The lowest BCUT2D eigenvalue weighted by molar-refractivity contribution is 0.0692. The molecule has 8 heteroatoms. The van der Waals surface area contributed by atoms with Gasteiger partial charge in [0.1, 0.15) is 5.03 Å². The zero-order valence-electron chi connectivity index (χ0n) is 9.46. The molecule has 3 aromatic rings. The van der Waals surface area contributed by atoms with Gasteiger partial charge in [-0.2, -0.15) is 5.10 Å². The van der Waals surface area contributed by atoms with Gasteiger partial charge in [0.25, 0.3) is 0 Å². The maximum absolute atomic E-state index is 11.1. The van der Waals surface area contributed by atoms with E-state index in [1.807, 2.05) is 18.2 Å². The highest BCUT2D eigenvalue weighted by atomic mass is 32.2. The summed E-state index contributed by atoms with van der Waals surface area (Å²) in [6.45, 7) is 0. The molecule has 0 aliphatic heterocycles. The van der Waals surface area contributed by atoms with Crippen LogP contribution in [0.4, 0.5) is 0 Å². The first-order valence-electron chi connectivity index (χ1n) is 5.28. The van der Waals surface area contributed by atoms with Gasteiger partial charge >= 0.3 is 5.97 Å². The van der Waals surface area contributed by atoms with Gasteiger partial charge in [-0.3, -0.25) is 4.40 Å². The second kappa shape index (κ2) is 4.65. The van der Waals surface area contributed by atoms with E-state index in [1.165, 1.54) is 12.3 Å². The lowest BCUT2D eigenvalue weighted by Crippen LogP contribution is -2.02. The summed E-state index contributed by atoms with van der Waals surface area (Å²) in [5.74, 6) is -1.05. The molecule has 7 nitrogen and oxygen atoms in total. The van der Waals surface area contributed by atoms with Crippen LogP contribution in [0.15, 0.2) is 46.8 Å². The number of nitrogens with zero attached hydrogens (tertiary/aromatic N) is 5. The van der Waals surface area contributed by atoms with Crippen LogP contribution in [0.5, 0.6) is 0 Å². The lowest BCUT2D eigenvalue weighted by Gasteiger charge is -2.01. The Morgan fingerprint density at radius 3 is 2.95 bits per heavy atom. The summed E-state index contributed by atoms with van der Waals surface area (Å²) >= 11 is 1.11. The molecule has 0 aromatic carbocycles. The number of carboxylic acid groups (broad SMARTS) is 1. The average molecular weight is 273 g/mol. The second-order valence-electron chi connectivity index (χ2n) is 3.57. The predicted octanol–water partition coefficient (Wildman–Crippen LogP) is 1.37. The zero-order valence-corrected chi connectivity index (χ0v) is 10.3. The molecule has 0 saturated heterocycles. The summed E-state index contributed by atoms with van der Waals surface area (Å²) in [5.41, 5.74) is 0.776. The Balaban J connectivity index is 2.04. The van der Waals surface area contributed by atoms with Crippen molar-refractivity contribution in [3.05, 3.63) is 42.2 Å². The van der Waals surface area contributed by atoms with E-state index in [4.69, 9.17) is 5.11 Å². The molecule has 0 spiro atoms. The molecule has 94 valence electrons. The SMILES string of the molecule is O=C(O)c1ccnnc1Sc1nnc2ccccn12. The van der Waals surface area contributed by atoms with Gasteiger partial charge in [-0.15, -0.1) is 15.3 Å². The Bertz CT molecular complexity index is 757. The van der Waals surface area contributed by atoms with Crippen molar-refractivity contribution in [2.45, 2.75) is 10.2 Å². The normalized spacial score (nSPS) is 10.7. The predicted molar refractivity (Wildman–Crippen MR) is 66.1 cm³/mol. The number of aromatic carboxylic acids is 1. The maximum atomic E-state index is 11.1.